The van der Waals surface area contributed by atoms with Crippen LogP contribution in [0.15, 0.2) is 6.07 Å². The molecule has 0 spiro atoms. The van der Waals surface area contributed by atoms with Crippen molar-refractivity contribution in [2.24, 2.45) is 0 Å². The van der Waals surface area contributed by atoms with Crippen molar-refractivity contribution < 1.29 is 17.9 Å². The zero-order chi connectivity index (χ0) is 18.9. The molecule has 2 aliphatic rings. The first kappa shape index (κ1) is 19.3. The number of amides is 1. The molecule has 1 aromatic rings. The molecule has 0 aliphatic carbocycles. The van der Waals surface area contributed by atoms with E-state index in [9.17, 15) is 13.2 Å². The maximum atomic E-state index is 13.2. The van der Waals surface area contributed by atoms with Crippen LogP contribution in [0, 0.1) is 6.92 Å². The number of carbonyl (C=O) groups is 1. The van der Waals surface area contributed by atoms with Crippen molar-refractivity contribution >= 4 is 15.7 Å². The van der Waals surface area contributed by atoms with Gasteiger partial charge in [0.25, 0.3) is 5.91 Å². The standard InChI is InChI=1S/C17H28N4O4S/c1-4-19-6-7-20(16-12-26(23,24)11-15(16)19)17(22)14-10-13(3)18-21(14)8-9-25-5-2/h10,15-16H,4-9,11-12H2,1-3H3/t15-,16+/m1/s1. The van der Waals surface area contributed by atoms with Gasteiger partial charge in [0.1, 0.15) is 5.69 Å². The molecular formula is C17H28N4O4S. The monoisotopic (exact) mass is 384 g/mol. The van der Waals surface area contributed by atoms with Crippen molar-refractivity contribution in [3.8, 4) is 0 Å². The number of fused-ring (bicyclic) bond motifs is 1. The van der Waals surface area contributed by atoms with Crippen LogP contribution in [0.2, 0.25) is 0 Å². The lowest BCUT2D eigenvalue weighted by atomic mass is 10.0. The van der Waals surface area contributed by atoms with Crippen LogP contribution >= 0.6 is 0 Å². The van der Waals surface area contributed by atoms with E-state index in [0.717, 1.165) is 12.2 Å². The average Bonchev–Trinajstić information content (AvgIpc) is 3.12. The summed E-state index contributed by atoms with van der Waals surface area (Å²) < 4.78 is 31.5. The maximum Gasteiger partial charge on any atom is 0.272 e. The lowest BCUT2D eigenvalue weighted by Crippen LogP contribution is -2.60. The van der Waals surface area contributed by atoms with Crippen molar-refractivity contribution in [2.75, 3.05) is 44.4 Å². The molecule has 2 fully saturated rings. The van der Waals surface area contributed by atoms with Crippen molar-refractivity contribution in [2.45, 2.75) is 39.4 Å². The van der Waals surface area contributed by atoms with Crippen LogP contribution in [0.1, 0.15) is 30.0 Å². The Morgan fingerprint density at radius 3 is 2.69 bits per heavy atom. The topological polar surface area (TPSA) is 84.7 Å². The highest BCUT2D eigenvalue weighted by Crippen LogP contribution is 2.28. The van der Waals surface area contributed by atoms with Gasteiger partial charge in [-0.25, -0.2) is 8.42 Å². The van der Waals surface area contributed by atoms with Crippen LogP contribution in [0.5, 0.6) is 0 Å². The fraction of sp³-hybridized carbons (Fsp3) is 0.765. The zero-order valence-electron chi connectivity index (χ0n) is 15.7. The summed E-state index contributed by atoms with van der Waals surface area (Å²) in [6, 6.07) is 1.39. The molecule has 146 valence electrons. The molecule has 1 aromatic heterocycles. The van der Waals surface area contributed by atoms with E-state index in [4.69, 9.17) is 4.74 Å². The first-order valence-corrected chi connectivity index (χ1v) is 11.1. The summed E-state index contributed by atoms with van der Waals surface area (Å²) in [6.07, 6.45) is 0. The fourth-order valence-electron chi connectivity index (χ4n) is 4.00. The summed E-state index contributed by atoms with van der Waals surface area (Å²) >= 11 is 0. The molecule has 0 aromatic carbocycles. The molecule has 3 heterocycles. The summed E-state index contributed by atoms with van der Waals surface area (Å²) in [5, 5.41) is 4.40. The Kier molecular flexibility index (Phi) is 5.69. The Labute approximate surface area is 155 Å². The number of piperazine rings is 1. The van der Waals surface area contributed by atoms with Gasteiger partial charge in [-0.2, -0.15) is 5.10 Å². The molecule has 0 N–H and O–H groups in total. The second-order valence-electron chi connectivity index (χ2n) is 6.93. The van der Waals surface area contributed by atoms with E-state index in [1.54, 1.807) is 15.6 Å². The van der Waals surface area contributed by atoms with Crippen molar-refractivity contribution in [3.05, 3.63) is 17.5 Å². The number of hydrogen-bond acceptors (Lipinski definition) is 6. The van der Waals surface area contributed by atoms with Crippen molar-refractivity contribution in [1.29, 1.82) is 0 Å². The number of sulfone groups is 1. The van der Waals surface area contributed by atoms with E-state index in [2.05, 4.69) is 10.00 Å². The van der Waals surface area contributed by atoms with Crippen LogP contribution in [-0.4, -0.2) is 90.3 Å². The molecule has 0 bridgehead atoms. The van der Waals surface area contributed by atoms with Gasteiger partial charge in [0, 0.05) is 25.7 Å². The number of nitrogens with zero attached hydrogens (tertiary/aromatic N) is 4. The van der Waals surface area contributed by atoms with Gasteiger partial charge < -0.3 is 9.64 Å². The highest BCUT2D eigenvalue weighted by Gasteiger charge is 2.48. The third kappa shape index (κ3) is 3.79. The molecule has 9 heteroatoms. The van der Waals surface area contributed by atoms with Crippen LogP contribution in [0.3, 0.4) is 0 Å². The number of hydrogen-bond donors (Lipinski definition) is 0. The average molecular weight is 385 g/mol. The molecule has 2 saturated heterocycles. The second kappa shape index (κ2) is 7.66. The minimum Gasteiger partial charge on any atom is -0.380 e. The Morgan fingerprint density at radius 1 is 1.27 bits per heavy atom. The molecule has 0 unspecified atom stereocenters. The molecule has 2 atom stereocenters. The number of carbonyl (C=O) groups excluding carboxylic acids is 1. The molecule has 26 heavy (non-hydrogen) atoms. The Morgan fingerprint density at radius 2 is 2.00 bits per heavy atom. The largest absolute Gasteiger partial charge is 0.380 e. The van der Waals surface area contributed by atoms with E-state index in [0.29, 0.717) is 38.5 Å². The zero-order valence-corrected chi connectivity index (χ0v) is 16.5. The van der Waals surface area contributed by atoms with E-state index in [1.807, 2.05) is 20.8 Å². The number of aryl methyl sites for hydroxylation is 1. The molecule has 1 amide bonds. The maximum absolute atomic E-state index is 13.2. The Hall–Kier alpha value is -1.45. The Bertz CT molecular complexity index is 761. The van der Waals surface area contributed by atoms with E-state index in [-0.39, 0.29) is 29.5 Å². The quantitative estimate of drug-likeness (QED) is 0.650. The number of ether oxygens (including phenoxy) is 1. The summed E-state index contributed by atoms with van der Waals surface area (Å²) in [4.78, 5) is 17.1. The number of aromatic nitrogens is 2. The summed E-state index contributed by atoms with van der Waals surface area (Å²) in [7, 11) is -3.12. The van der Waals surface area contributed by atoms with Gasteiger partial charge in [-0.1, -0.05) is 6.92 Å². The summed E-state index contributed by atoms with van der Waals surface area (Å²) in [5.74, 6) is 0.0501. The minimum absolute atomic E-state index is 0.0476. The van der Waals surface area contributed by atoms with E-state index in [1.165, 1.54) is 0 Å². The molecule has 8 nitrogen and oxygen atoms in total. The SMILES string of the molecule is CCOCCn1nc(C)cc1C(=O)N1CCN(CC)[C@@H]2CS(=O)(=O)C[C@@H]21. The molecule has 0 saturated carbocycles. The van der Waals surface area contributed by atoms with Crippen molar-refractivity contribution in [1.82, 2.24) is 19.6 Å². The van der Waals surface area contributed by atoms with Crippen LogP contribution in [0.4, 0.5) is 0 Å². The molecule has 2 aliphatic heterocycles. The predicted molar refractivity (Wildman–Crippen MR) is 98.0 cm³/mol. The fourth-order valence-corrected chi connectivity index (χ4v) is 6.01. The normalized spacial score (nSPS) is 25.4. The van der Waals surface area contributed by atoms with Crippen LogP contribution in [-0.2, 0) is 21.1 Å². The molecule has 3 rings (SSSR count). The van der Waals surface area contributed by atoms with Crippen molar-refractivity contribution in [3.63, 3.8) is 0 Å². The minimum atomic E-state index is -3.12. The predicted octanol–water partition coefficient (Wildman–Crippen LogP) is 0.171. The van der Waals surface area contributed by atoms with Gasteiger partial charge in [0.2, 0.25) is 0 Å². The number of likely N-dealkylation sites (N-methyl/N-ethyl adjacent to an activating group) is 1. The van der Waals surface area contributed by atoms with Gasteiger partial charge in [0.15, 0.2) is 9.84 Å². The lowest BCUT2D eigenvalue weighted by Gasteiger charge is -2.43. The van der Waals surface area contributed by atoms with E-state index >= 15 is 0 Å². The summed E-state index contributed by atoms with van der Waals surface area (Å²) in [6.45, 7) is 9.45. The second-order valence-corrected chi connectivity index (χ2v) is 9.08. The van der Waals surface area contributed by atoms with Crippen LogP contribution < -0.4 is 0 Å². The Balaban J connectivity index is 1.84. The third-order valence-electron chi connectivity index (χ3n) is 5.23. The van der Waals surface area contributed by atoms with Gasteiger partial charge >= 0.3 is 0 Å². The smallest absolute Gasteiger partial charge is 0.272 e. The molecular weight excluding hydrogens is 356 g/mol. The van der Waals surface area contributed by atoms with Gasteiger partial charge in [-0.15, -0.1) is 0 Å². The van der Waals surface area contributed by atoms with Gasteiger partial charge in [-0.3, -0.25) is 14.4 Å². The highest BCUT2D eigenvalue weighted by atomic mass is 32.2. The van der Waals surface area contributed by atoms with E-state index < -0.39 is 9.84 Å². The molecule has 0 radical (unpaired) electrons. The van der Waals surface area contributed by atoms with Crippen LogP contribution in [0.25, 0.3) is 0 Å². The number of rotatable bonds is 6. The van der Waals surface area contributed by atoms with Gasteiger partial charge in [0.05, 0.1) is 36.4 Å². The first-order chi connectivity index (χ1) is 12.4. The highest BCUT2D eigenvalue weighted by molar-refractivity contribution is 7.91. The van der Waals surface area contributed by atoms with Gasteiger partial charge in [-0.05, 0) is 26.5 Å². The lowest BCUT2D eigenvalue weighted by molar-refractivity contribution is 0.0337. The first-order valence-electron chi connectivity index (χ1n) is 9.24. The third-order valence-corrected chi connectivity index (χ3v) is 6.93. The summed E-state index contributed by atoms with van der Waals surface area (Å²) in [5.41, 5.74) is 1.28.